The van der Waals surface area contributed by atoms with Gasteiger partial charge in [0, 0.05) is 0 Å². The van der Waals surface area contributed by atoms with Gasteiger partial charge in [-0.3, -0.25) is 9.59 Å². The van der Waals surface area contributed by atoms with Crippen molar-refractivity contribution >= 4 is 11.9 Å². The standard InChI is InChI=1S/C7H5F8NO3/c8-5(9,7(13,14)15)2-19-3(17)1-16-4(18)6(10,11)12/h1-2H2,(H,16,18). The third-order valence-corrected chi connectivity index (χ3v) is 1.48. The Bertz CT molecular complexity index is 347. The quantitative estimate of drug-likeness (QED) is 0.631. The zero-order chi connectivity index (χ0) is 15.5. The molecule has 0 aliphatic carbocycles. The highest BCUT2D eigenvalue weighted by molar-refractivity contribution is 5.85. The molecule has 0 rings (SSSR count). The van der Waals surface area contributed by atoms with Crippen molar-refractivity contribution in [2.24, 2.45) is 0 Å². The van der Waals surface area contributed by atoms with E-state index in [2.05, 4.69) is 4.74 Å². The zero-order valence-electron chi connectivity index (χ0n) is 8.66. The molecule has 12 heteroatoms. The number of ether oxygens (including phenoxy) is 1. The number of amides is 1. The molecule has 0 aliphatic rings. The van der Waals surface area contributed by atoms with Crippen molar-refractivity contribution in [3.05, 3.63) is 0 Å². The highest BCUT2D eigenvalue weighted by atomic mass is 19.4. The van der Waals surface area contributed by atoms with Crippen LogP contribution in [-0.4, -0.2) is 43.3 Å². The van der Waals surface area contributed by atoms with E-state index in [0.29, 0.717) is 0 Å². The average Bonchev–Trinajstić information content (AvgIpc) is 2.20. The van der Waals surface area contributed by atoms with Gasteiger partial charge < -0.3 is 10.1 Å². The minimum atomic E-state index is -5.97. The van der Waals surface area contributed by atoms with Gasteiger partial charge in [0.2, 0.25) is 0 Å². The molecular formula is C7H5F8NO3. The van der Waals surface area contributed by atoms with E-state index in [1.54, 1.807) is 0 Å². The average molecular weight is 303 g/mol. The van der Waals surface area contributed by atoms with Gasteiger partial charge in [-0.2, -0.15) is 35.1 Å². The summed E-state index contributed by atoms with van der Waals surface area (Å²) >= 11 is 0. The topological polar surface area (TPSA) is 55.4 Å². The molecule has 19 heavy (non-hydrogen) atoms. The summed E-state index contributed by atoms with van der Waals surface area (Å²) in [6.07, 6.45) is -11.3. The van der Waals surface area contributed by atoms with Crippen molar-refractivity contribution in [1.29, 1.82) is 0 Å². The lowest BCUT2D eigenvalue weighted by atomic mass is 10.3. The molecule has 0 bridgehead atoms. The van der Waals surface area contributed by atoms with Crippen LogP contribution in [-0.2, 0) is 14.3 Å². The Balaban J connectivity index is 4.19. The number of carbonyl (C=O) groups is 2. The summed E-state index contributed by atoms with van der Waals surface area (Å²) in [6, 6.07) is 0. The van der Waals surface area contributed by atoms with Gasteiger partial charge in [0.05, 0.1) is 0 Å². The van der Waals surface area contributed by atoms with Crippen molar-refractivity contribution in [2.45, 2.75) is 18.3 Å². The van der Waals surface area contributed by atoms with Crippen molar-refractivity contribution in [1.82, 2.24) is 5.32 Å². The van der Waals surface area contributed by atoms with E-state index in [1.807, 2.05) is 0 Å². The van der Waals surface area contributed by atoms with Crippen LogP contribution in [0.4, 0.5) is 35.1 Å². The number of hydrogen-bond acceptors (Lipinski definition) is 3. The number of nitrogens with one attached hydrogen (secondary N) is 1. The molecule has 0 saturated heterocycles. The van der Waals surface area contributed by atoms with E-state index in [0.717, 1.165) is 5.32 Å². The lowest BCUT2D eigenvalue weighted by Crippen LogP contribution is -2.43. The van der Waals surface area contributed by atoms with Crippen molar-refractivity contribution in [3.63, 3.8) is 0 Å². The summed E-state index contributed by atoms with van der Waals surface area (Å²) in [5.74, 6) is -9.77. The van der Waals surface area contributed by atoms with Crippen LogP contribution in [0.3, 0.4) is 0 Å². The van der Waals surface area contributed by atoms with Crippen molar-refractivity contribution in [3.8, 4) is 0 Å². The third-order valence-electron chi connectivity index (χ3n) is 1.48. The Morgan fingerprint density at radius 1 is 0.947 bits per heavy atom. The van der Waals surface area contributed by atoms with E-state index in [9.17, 15) is 44.7 Å². The predicted molar refractivity (Wildman–Crippen MR) is 41.0 cm³/mol. The maximum absolute atomic E-state index is 12.2. The summed E-state index contributed by atoms with van der Waals surface area (Å²) in [7, 11) is 0. The lowest BCUT2D eigenvalue weighted by molar-refractivity contribution is -0.294. The van der Waals surface area contributed by atoms with E-state index >= 15 is 0 Å². The van der Waals surface area contributed by atoms with Gasteiger partial charge in [-0.25, -0.2) is 0 Å². The maximum Gasteiger partial charge on any atom is 0.471 e. The second kappa shape index (κ2) is 5.57. The molecule has 0 aromatic carbocycles. The smallest absolute Gasteiger partial charge is 0.458 e. The summed E-state index contributed by atoms with van der Waals surface area (Å²) < 4.78 is 97.4. The van der Waals surface area contributed by atoms with Crippen LogP contribution >= 0.6 is 0 Å². The predicted octanol–water partition coefficient (Wildman–Crippen LogP) is 1.41. The fraction of sp³-hybridized carbons (Fsp3) is 0.714. The number of esters is 1. The number of carbonyl (C=O) groups excluding carboxylic acids is 2. The molecule has 1 N–H and O–H groups in total. The summed E-state index contributed by atoms with van der Waals surface area (Å²) in [4.78, 5) is 20.7. The molecule has 0 aromatic rings. The second-order valence-corrected chi connectivity index (χ2v) is 3.04. The molecule has 112 valence electrons. The fourth-order valence-electron chi connectivity index (χ4n) is 0.557. The Morgan fingerprint density at radius 2 is 1.42 bits per heavy atom. The van der Waals surface area contributed by atoms with E-state index in [1.165, 1.54) is 0 Å². The molecular weight excluding hydrogens is 298 g/mol. The van der Waals surface area contributed by atoms with E-state index in [-0.39, 0.29) is 0 Å². The SMILES string of the molecule is O=C(CNC(=O)C(F)(F)F)OCC(F)(F)C(F)(F)F. The molecule has 0 radical (unpaired) electrons. The maximum atomic E-state index is 12.2. The van der Waals surface area contributed by atoms with Crippen LogP contribution in [0.5, 0.6) is 0 Å². The largest absolute Gasteiger partial charge is 0.471 e. The van der Waals surface area contributed by atoms with Gasteiger partial charge in [-0.05, 0) is 0 Å². The Morgan fingerprint density at radius 3 is 1.79 bits per heavy atom. The number of alkyl halides is 8. The molecule has 1 amide bonds. The van der Waals surface area contributed by atoms with Crippen LogP contribution < -0.4 is 5.32 Å². The number of halogens is 8. The molecule has 0 unspecified atom stereocenters. The molecule has 0 aliphatic heterocycles. The van der Waals surface area contributed by atoms with Gasteiger partial charge in [0.1, 0.15) is 6.54 Å². The highest BCUT2D eigenvalue weighted by Gasteiger charge is 2.58. The van der Waals surface area contributed by atoms with Gasteiger partial charge >= 0.3 is 30.2 Å². The van der Waals surface area contributed by atoms with Crippen LogP contribution in [0, 0.1) is 0 Å². The molecule has 0 aromatic heterocycles. The Hall–Kier alpha value is -1.62. The van der Waals surface area contributed by atoms with Gasteiger partial charge in [0.15, 0.2) is 6.61 Å². The third kappa shape index (κ3) is 5.70. The minimum Gasteiger partial charge on any atom is -0.458 e. The minimum absolute atomic E-state index is 0.933. The van der Waals surface area contributed by atoms with Crippen LogP contribution in [0.15, 0.2) is 0 Å². The van der Waals surface area contributed by atoms with Gasteiger partial charge in [-0.1, -0.05) is 0 Å². The lowest BCUT2D eigenvalue weighted by Gasteiger charge is -2.19. The Kier molecular flexibility index (Phi) is 5.09. The molecule has 0 heterocycles. The zero-order valence-corrected chi connectivity index (χ0v) is 8.66. The summed E-state index contributed by atoms with van der Waals surface area (Å²) in [5, 5.41) is 0.933. The molecule has 4 nitrogen and oxygen atoms in total. The van der Waals surface area contributed by atoms with Crippen LogP contribution in [0.25, 0.3) is 0 Å². The van der Waals surface area contributed by atoms with Crippen LogP contribution in [0.2, 0.25) is 0 Å². The van der Waals surface area contributed by atoms with Crippen molar-refractivity contribution < 1.29 is 49.4 Å². The highest BCUT2D eigenvalue weighted by Crippen LogP contribution is 2.35. The monoisotopic (exact) mass is 303 g/mol. The normalized spacial score (nSPS) is 13.1. The molecule has 0 saturated carbocycles. The van der Waals surface area contributed by atoms with E-state index < -0.39 is 43.3 Å². The summed E-state index contributed by atoms with van der Waals surface area (Å²) in [5.41, 5.74) is 0. The molecule has 0 spiro atoms. The first kappa shape index (κ1) is 17.4. The Labute approximate surface area is 99.2 Å². The first-order chi connectivity index (χ1) is 8.27. The van der Waals surface area contributed by atoms with Gasteiger partial charge in [-0.15, -0.1) is 0 Å². The van der Waals surface area contributed by atoms with Gasteiger partial charge in [0.25, 0.3) is 0 Å². The van der Waals surface area contributed by atoms with E-state index in [4.69, 9.17) is 0 Å². The second-order valence-electron chi connectivity index (χ2n) is 3.04. The molecule has 0 fully saturated rings. The summed E-state index contributed by atoms with van der Waals surface area (Å²) in [6.45, 7) is -3.89. The first-order valence-electron chi connectivity index (χ1n) is 4.22. The number of rotatable bonds is 4. The first-order valence-corrected chi connectivity index (χ1v) is 4.22. The molecule has 0 atom stereocenters. The van der Waals surface area contributed by atoms with Crippen molar-refractivity contribution in [2.75, 3.05) is 13.2 Å². The number of hydrogen-bond donors (Lipinski definition) is 1. The fourth-order valence-corrected chi connectivity index (χ4v) is 0.557. The van der Waals surface area contributed by atoms with Crippen LogP contribution in [0.1, 0.15) is 0 Å².